The number of hydrogen-bond acceptors (Lipinski definition) is 8. The molecule has 14 nitrogen and oxygen atoms in total. The van der Waals surface area contributed by atoms with Crippen molar-refractivity contribution in [2.75, 3.05) is 14.2 Å². The fourth-order valence-electron chi connectivity index (χ4n) is 5.74. The van der Waals surface area contributed by atoms with Crippen LogP contribution in [0.1, 0.15) is 71.9 Å². The van der Waals surface area contributed by atoms with Crippen LogP contribution in [-0.4, -0.2) is 58.2 Å². The summed E-state index contributed by atoms with van der Waals surface area (Å²) in [4.78, 5) is 66.3. The summed E-state index contributed by atoms with van der Waals surface area (Å²) in [6.45, 7) is 3.60. The molecule has 6 aromatic rings. The van der Waals surface area contributed by atoms with Gasteiger partial charge in [0.25, 0.3) is 0 Å². The van der Waals surface area contributed by atoms with Crippen LogP contribution in [0.5, 0.6) is 0 Å². The lowest BCUT2D eigenvalue weighted by Crippen LogP contribution is -2.41. The van der Waals surface area contributed by atoms with E-state index in [0.717, 1.165) is 22.2 Å². The van der Waals surface area contributed by atoms with Crippen LogP contribution in [0.4, 0.5) is 9.59 Å². The number of rotatable bonds is 10. The highest BCUT2D eigenvalue weighted by atomic mass is 16.5. The molecule has 0 aliphatic heterocycles. The minimum absolute atomic E-state index is 0.420. The van der Waals surface area contributed by atoms with Crippen molar-refractivity contribution in [1.82, 2.24) is 41.2 Å². The molecule has 4 aromatic carbocycles. The molecular formula is C40H38N8O6. The van der Waals surface area contributed by atoms with Gasteiger partial charge in [0.2, 0.25) is 11.8 Å². The molecule has 0 aliphatic rings. The molecule has 6 rings (SSSR count). The number of imidazole rings is 2. The Hall–Kier alpha value is -7.14. The summed E-state index contributed by atoms with van der Waals surface area (Å²) in [5.41, 5.74) is 5.59. The quantitative estimate of drug-likeness (QED) is 0.101. The average Bonchev–Trinajstić information content (AvgIpc) is 3.83. The Labute approximate surface area is 310 Å². The van der Waals surface area contributed by atoms with Crippen LogP contribution < -0.4 is 21.3 Å². The van der Waals surface area contributed by atoms with Gasteiger partial charge in [-0.3, -0.25) is 9.59 Å². The van der Waals surface area contributed by atoms with E-state index in [9.17, 15) is 19.2 Å². The smallest absolute Gasteiger partial charge is 0.407 e. The van der Waals surface area contributed by atoms with Crippen LogP contribution in [0.25, 0.3) is 22.1 Å². The lowest BCUT2D eigenvalue weighted by molar-refractivity contribution is -0.124. The molecule has 0 bridgehead atoms. The lowest BCUT2D eigenvalue weighted by atomic mass is 10.1. The third-order valence-corrected chi connectivity index (χ3v) is 8.57. The molecule has 0 spiro atoms. The Kier molecular flexibility index (Phi) is 11.2. The van der Waals surface area contributed by atoms with E-state index in [2.05, 4.69) is 53.0 Å². The van der Waals surface area contributed by atoms with Gasteiger partial charge >= 0.3 is 12.2 Å². The Balaban J connectivity index is 1.13. The summed E-state index contributed by atoms with van der Waals surface area (Å²) < 4.78 is 9.44. The number of carbonyl (C=O) groups excluding carboxylic acids is 4. The predicted molar refractivity (Wildman–Crippen MR) is 201 cm³/mol. The van der Waals surface area contributed by atoms with E-state index in [1.165, 1.54) is 14.2 Å². The topological polar surface area (TPSA) is 192 Å². The summed E-state index contributed by atoms with van der Waals surface area (Å²) in [5, 5.41) is 11.0. The fraction of sp³-hybridized carbons (Fsp3) is 0.200. The number of aromatic amines is 2. The summed E-state index contributed by atoms with van der Waals surface area (Å²) in [6.07, 6.45) is -1.45. The van der Waals surface area contributed by atoms with Gasteiger partial charge in [-0.2, -0.15) is 0 Å². The standard InChI is InChI=1S/C40H38N8O6/c1-23(41-37(49)33(47-39(51)53-3)27-11-7-5-8-12-27)35-43-29-19-17-25(21-31(29)45-35)15-16-26-18-20-30-32(22-26)46-36(44-30)24(2)42-38(50)34(48-40(52)54-4)28-13-9-6-10-14-28/h5-14,17-24,33-34H,1-4H3,(H,41,49)(H,42,50)(H,43,45)(H,44,46)(H,47,51)(H,48,52)/t23-,24-,33+,34+/m0/s1. The molecule has 0 saturated carbocycles. The van der Waals surface area contributed by atoms with Gasteiger partial charge in [-0.1, -0.05) is 72.5 Å². The summed E-state index contributed by atoms with van der Waals surface area (Å²) in [5.74, 6) is 6.62. The molecule has 2 heterocycles. The Morgan fingerprint density at radius 2 is 0.963 bits per heavy atom. The van der Waals surface area contributed by atoms with E-state index in [1.54, 1.807) is 62.4 Å². The second kappa shape index (κ2) is 16.5. The second-order valence-corrected chi connectivity index (χ2v) is 12.4. The molecule has 0 unspecified atom stereocenters. The fourth-order valence-corrected chi connectivity index (χ4v) is 5.74. The van der Waals surface area contributed by atoms with E-state index >= 15 is 0 Å². The molecular weight excluding hydrogens is 688 g/mol. The van der Waals surface area contributed by atoms with E-state index in [0.29, 0.717) is 33.8 Å². The zero-order chi connectivity index (χ0) is 38.2. The largest absolute Gasteiger partial charge is 0.453 e. The van der Waals surface area contributed by atoms with Gasteiger partial charge in [-0.15, -0.1) is 0 Å². The SMILES string of the molecule is COC(=O)N[C@@H](C(=O)N[C@@H](C)c1nc2ccc(C#Cc3ccc4nc([C@H](C)NC(=O)[C@H](NC(=O)OC)c5ccccc5)[nH]c4c3)cc2[nH]1)c1ccccc1. The van der Waals surface area contributed by atoms with Crippen LogP contribution in [0, 0.1) is 11.8 Å². The highest BCUT2D eigenvalue weighted by molar-refractivity contribution is 5.88. The monoisotopic (exact) mass is 726 g/mol. The van der Waals surface area contributed by atoms with E-state index < -0.39 is 48.2 Å². The molecule has 6 N–H and O–H groups in total. The van der Waals surface area contributed by atoms with Gasteiger partial charge in [-0.05, 0) is 61.4 Å². The van der Waals surface area contributed by atoms with Crippen LogP contribution in [-0.2, 0) is 19.1 Å². The maximum atomic E-state index is 13.3. The summed E-state index contributed by atoms with van der Waals surface area (Å²) in [6, 6.07) is 26.0. The molecule has 274 valence electrons. The number of fused-ring (bicyclic) bond motifs is 2. The van der Waals surface area contributed by atoms with Gasteiger partial charge < -0.3 is 40.7 Å². The summed E-state index contributed by atoms with van der Waals surface area (Å²) >= 11 is 0. The number of hydrogen-bond donors (Lipinski definition) is 6. The van der Waals surface area contributed by atoms with Crippen molar-refractivity contribution in [3.63, 3.8) is 0 Å². The van der Waals surface area contributed by atoms with Crippen LogP contribution >= 0.6 is 0 Å². The normalized spacial score (nSPS) is 13.0. The van der Waals surface area contributed by atoms with E-state index in [4.69, 9.17) is 9.47 Å². The second-order valence-electron chi connectivity index (χ2n) is 12.4. The minimum Gasteiger partial charge on any atom is -0.453 e. The maximum Gasteiger partial charge on any atom is 0.407 e. The van der Waals surface area contributed by atoms with Crippen molar-refractivity contribution < 1.29 is 28.7 Å². The number of amides is 4. The van der Waals surface area contributed by atoms with Crippen LogP contribution in [0.3, 0.4) is 0 Å². The van der Waals surface area contributed by atoms with Crippen molar-refractivity contribution in [3.8, 4) is 11.8 Å². The highest BCUT2D eigenvalue weighted by Gasteiger charge is 2.27. The zero-order valence-electron chi connectivity index (χ0n) is 29.9. The summed E-state index contributed by atoms with van der Waals surface area (Å²) in [7, 11) is 2.48. The number of nitrogens with one attached hydrogen (secondary N) is 6. The molecule has 0 aliphatic carbocycles. The van der Waals surface area contributed by atoms with Gasteiger partial charge in [0.1, 0.15) is 23.7 Å². The van der Waals surface area contributed by atoms with Crippen molar-refractivity contribution >= 4 is 46.1 Å². The number of H-pyrrole nitrogens is 2. The minimum atomic E-state index is -0.960. The predicted octanol–water partition coefficient (Wildman–Crippen LogP) is 5.39. The molecule has 4 amide bonds. The van der Waals surface area contributed by atoms with Gasteiger partial charge in [0, 0.05) is 11.1 Å². The van der Waals surface area contributed by atoms with E-state index in [1.807, 2.05) is 48.5 Å². The van der Waals surface area contributed by atoms with Crippen molar-refractivity contribution in [2.45, 2.75) is 38.0 Å². The number of methoxy groups -OCH3 is 2. The van der Waals surface area contributed by atoms with Crippen molar-refractivity contribution in [1.29, 1.82) is 0 Å². The van der Waals surface area contributed by atoms with Crippen LogP contribution in [0.2, 0.25) is 0 Å². The Morgan fingerprint density at radius 1 is 0.574 bits per heavy atom. The first-order chi connectivity index (χ1) is 26.1. The van der Waals surface area contributed by atoms with Crippen LogP contribution in [0.15, 0.2) is 97.1 Å². The first-order valence-electron chi connectivity index (χ1n) is 17.0. The lowest BCUT2D eigenvalue weighted by Gasteiger charge is -2.20. The number of nitrogens with zero attached hydrogens (tertiary/aromatic N) is 2. The number of ether oxygens (including phenoxy) is 2. The molecule has 0 fully saturated rings. The number of alkyl carbamates (subject to hydrolysis) is 2. The average molecular weight is 727 g/mol. The molecule has 0 saturated heterocycles. The number of carbonyl (C=O) groups is 4. The Bertz CT molecular complexity index is 2200. The van der Waals surface area contributed by atoms with Crippen molar-refractivity contribution in [2.24, 2.45) is 0 Å². The first-order valence-corrected chi connectivity index (χ1v) is 17.0. The molecule has 54 heavy (non-hydrogen) atoms. The number of benzene rings is 4. The first kappa shape index (κ1) is 36.6. The Morgan fingerprint density at radius 3 is 1.33 bits per heavy atom. The molecule has 2 aromatic heterocycles. The van der Waals surface area contributed by atoms with E-state index in [-0.39, 0.29) is 0 Å². The molecule has 14 heteroatoms. The molecule has 4 atom stereocenters. The van der Waals surface area contributed by atoms with Crippen molar-refractivity contribution in [3.05, 3.63) is 131 Å². The zero-order valence-corrected chi connectivity index (χ0v) is 29.9. The van der Waals surface area contributed by atoms with Gasteiger partial charge in [0.05, 0.1) is 48.4 Å². The molecule has 0 radical (unpaired) electrons. The third kappa shape index (κ3) is 8.65. The van der Waals surface area contributed by atoms with Gasteiger partial charge in [-0.25, -0.2) is 19.6 Å². The maximum absolute atomic E-state index is 13.3. The number of aromatic nitrogens is 4. The highest BCUT2D eigenvalue weighted by Crippen LogP contribution is 2.22. The van der Waals surface area contributed by atoms with Gasteiger partial charge in [0.15, 0.2) is 0 Å². The third-order valence-electron chi connectivity index (χ3n) is 8.57.